The van der Waals surface area contributed by atoms with Crippen molar-refractivity contribution in [2.75, 3.05) is 19.7 Å². The zero-order valence-corrected chi connectivity index (χ0v) is 83.9. The van der Waals surface area contributed by atoms with E-state index in [2.05, 4.69) is 101 Å². The van der Waals surface area contributed by atoms with Gasteiger partial charge in [0.25, 0.3) is 0 Å². The lowest BCUT2D eigenvalue weighted by atomic mass is 9.96. The lowest BCUT2D eigenvalue weighted by Gasteiger charge is -2.36. The first-order chi connectivity index (χ1) is 62.4. The molecule has 1 aliphatic heterocycles. The van der Waals surface area contributed by atoms with Gasteiger partial charge in [0.1, 0.15) is 104 Å². The van der Waals surface area contributed by atoms with Crippen LogP contribution in [0.5, 0.6) is 0 Å². The number of rotatable bonds is 53. The fourth-order valence-electron chi connectivity index (χ4n) is 13.4. The van der Waals surface area contributed by atoms with Gasteiger partial charge >= 0.3 is 0 Å². The van der Waals surface area contributed by atoms with Crippen LogP contribution in [0, 0.1) is 11.8 Å². The summed E-state index contributed by atoms with van der Waals surface area (Å²) in [7, 11) is 0. The number of nitrogens with one attached hydrogen (secondary N) is 19. The maximum Gasteiger partial charge on any atom is 0.248 e. The van der Waals surface area contributed by atoms with Crippen molar-refractivity contribution in [1.29, 1.82) is 0 Å². The average molecular weight is 1940 g/mol. The smallest absolute Gasteiger partial charge is 0.248 e. The van der Waals surface area contributed by atoms with Gasteiger partial charge in [0, 0.05) is 32.7 Å². The van der Waals surface area contributed by atoms with Gasteiger partial charge in [-0.15, -0.1) is 0 Å². The monoisotopic (exact) mass is 1940 g/mol. The molecule has 1 aromatic carbocycles. The summed E-state index contributed by atoms with van der Waals surface area (Å²) in [5.74, 6) is -20.9. The number of aliphatic hydroxyl groups is 1. The van der Waals surface area contributed by atoms with Crippen LogP contribution in [0.4, 0.5) is 0 Å². The number of nitrogens with zero attached hydrogens (tertiary/aromatic N) is 1. The van der Waals surface area contributed by atoms with Crippen LogP contribution in [-0.2, 0) is 117 Å². The molecule has 768 valence electrons. The molecule has 47 nitrogen and oxygen atoms in total. The lowest BCUT2D eigenvalue weighted by Crippen LogP contribution is -2.66. The van der Waals surface area contributed by atoms with E-state index in [1.54, 1.807) is 58.0 Å². The second-order valence-electron chi connectivity index (χ2n) is 40.6. The van der Waals surface area contributed by atoms with Crippen LogP contribution in [-0.4, -0.2) is 275 Å². The van der Waals surface area contributed by atoms with Gasteiger partial charge < -0.3 is 128 Å². The Labute approximate surface area is 799 Å². The minimum absolute atomic E-state index is 0.0216. The molecule has 1 saturated heterocycles. The number of likely N-dealkylation sites (tertiary alicyclic amines) is 1. The third-order valence-electron chi connectivity index (χ3n) is 22.1. The largest absolute Gasteiger partial charge is 0.394 e. The molecule has 1 aliphatic rings. The van der Waals surface area contributed by atoms with Crippen LogP contribution >= 0.6 is 0 Å². The Morgan fingerprint density at radius 1 is 0.372 bits per heavy atom. The molecule has 0 aromatic heterocycles. The Morgan fingerprint density at radius 3 is 1.11 bits per heavy atom. The summed E-state index contributed by atoms with van der Waals surface area (Å²) in [6, 6.07) is -3.10. The third kappa shape index (κ3) is 38.2. The Bertz CT molecular complexity index is 4650. The fraction of sp³-hybridized carbons (Fsp3) is 0.678. The van der Waals surface area contributed by atoms with Crippen molar-refractivity contribution < 1.29 is 115 Å². The van der Waals surface area contributed by atoms with Crippen molar-refractivity contribution >= 4 is 136 Å². The topological polar surface area (TPSA) is 723 Å². The van der Waals surface area contributed by atoms with Gasteiger partial charge in [-0.3, -0.25) is 110 Å². The van der Waals surface area contributed by atoms with Crippen LogP contribution in [0.25, 0.3) is 0 Å². The highest BCUT2D eigenvalue weighted by atomic mass is 16.3. The van der Waals surface area contributed by atoms with Crippen LogP contribution < -0.4 is 118 Å². The van der Waals surface area contributed by atoms with Gasteiger partial charge in [-0.25, -0.2) is 0 Å². The number of hydrogen-bond donors (Lipinski definition) is 23. The Hall–Kier alpha value is -13.0. The Kier molecular flexibility index (Phi) is 43.5. The predicted octanol–water partition coefficient (Wildman–Crippen LogP) is -5.29. The standard InChI is InChI=1S/C90H149N23O24/c1-46(2)42-56(101-74(131)84(14,15)107-67(124)55(37-40-60(93)118)100-76(133)86(18,19)110-78(135)88(22,23)106-64(121)49(6)96-73(130)83(12,13)105-63(120)48(5)95-72(129)82(10,11)103-50(7)115)68(125)108-81(8,9)71(128)94-44-61(119)104-87(20,21)77(134)112-90(26,27)80(137)113-41-31-34-57(113)69(126)102-62(47(3)4)70(127)109-89(24,25)79(136)111-85(16,17)75(132)99-54(36-39-59(92)117)66(123)98-53(35-38-58(91)116)65(122)97-52(45-114)43-51-32-29-28-30-33-51/h28-30,32-33,46-49,52-57,62,114H,31,34-45H2,1-27H3,(H2,91,116)(H2,92,117)(H2,93,118)(H,94,128)(H,95,129)(H,96,130)(H,97,122)(H,98,123)(H,99,132)(H,100,133)(H,101,131)(H,102,126)(H,103,115)(H,104,119)(H,105,120)(H,106,121)(H,107,124)(H,108,125)(H,109,127)(H,110,135)(H,111,136)(H,112,134)/t48-,49-,52-,53-,54-,55-,56-,57-,62-/m0/s1. The summed E-state index contributed by atoms with van der Waals surface area (Å²) in [5, 5.41) is 58.1. The molecule has 137 heavy (non-hydrogen) atoms. The van der Waals surface area contributed by atoms with Gasteiger partial charge in [0.05, 0.1) is 19.2 Å². The molecule has 9 atom stereocenters. The normalized spacial score (nSPS) is 15.1. The highest BCUT2D eigenvalue weighted by Gasteiger charge is 2.49. The van der Waals surface area contributed by atoms with Crippen molar-refractivity contribution in [1.82, 2.24) is 106 Å². The van der Waals surface area contributed by atoms with Crippen molar-refractivity contribution in [2.24, 2.45) is 29.0 Å². The second kappa shape index (κ2) is 49.7. The lowest BCUT2D eigenvalue weighted by molar-refractivity contribution is -0.146. The maximum atomic E-state index is 14.5. The number of benzene rings is 1. The number of carbonyl (C=O) groups excluding carboxylic acids is 23. The molecule has 47 heteroatoms. The summed E-state index contributed by atoms with van der Waals surface area (Å²) in [6.45, 7) is 35.3. The van der Waals surface area contributed by atoms with Gasteiger partial charge in [-0.1, -0.05) is 58.0 Å². The predicted molar refractivity (Wildman–Crippen MR) is 499 cm³/mol. The van der Waals surface area contributed by atoms with E-state index in [9.17, 15) is 115 Å². The quantitative estimate of drug-likeness (QED) is 0.0290. The number of nitrogens with two attached hydrogens (primary N) is 3. The molecule has 2 rings (SSSR count). The molecule has 0 saturated carbocycles. The van der Waals surface area contributed by atoms with E-state index in [0.717, 1.165) is 5.56 Å². The van der Waals surface area contributed by atoms with Crippen LogP contribution in [0.1, 0.15) is 250 Å². The maximum absolute atomic E-state index is 14.5. The number of carbonyl (C=O) groups is 23. The van der Waals surface area contributed by atoms with E-state index in [4.69, 9.17) is 17.2 Å². The van der Waals surface area contributed by atoms with Crippen molar-refractivity contribution in [3.63, 3.8) is 0 Å². The number of amides is 23. The SMILES string of the molecule is CC(=O)NC(C)(C)C(=O)N[C@@H](C)C(=O)NC(C)(C)C(=O)N[C@@H](C)C(=O)NC(C)(C)C(=O)NC(C)(C)C(=O)N[C@@H](CCC(N)=O)C(=O)NC(C)(C)C(=O)N[C@@H](CC(C)C)C(=O)NC(C)(C)C(=O)NCC(=O)NC(C)(C)C(=O)NC(C)(C)C(=O)N1CCC[C@H]1C(=O)N[C@H](C(=O)NC(C)(C)C(=O)NC(C)(C)C(=O)N[C@@H](CCC(N)=O)C(=O)N[C@@H](CCC(N)=O)C(=O)N[C@H](CO)Cc1ccccc1)C(C)C. The number of aliphatic hydroxyl groups excluding tert-OH is 1. The molecular weight excluding hydrogens is 1790 g/mol. The molecule has 23 amide bonds. The van der Waals surface area contributed by atoms with Gasteiger partial charge in [0.15, 0.2) is 0 Å². The van der Waals surface area contributed by atoms with Crippen LogP contribution in [0.3, 0.4) is 0 Å². The summed E-state index contributed by atoms with van der Waals surface area (Å²) < 4.78 is 0. The molecule has 0 bridgehead atoms. The van der Waals surface area contributed by atoms with Gasteiger partial charge in [0.2, 0.25) is 136 Å². The molecule has 0 radical (unpaired) electrons. The molecule has 0 unspecified atom stereocenters. The van der Waals surface area contributed by atoms with E-state index in [1.807, 2.05) is 0 Å². The zero-order valence-electron chi connectivity index (χ0n) is 83.9. The van der Waals surface area contributed by atoms with E-state index in [1.165, 1.54) is 164 Å². The van der Waals surface area contributed by atoms with E-state index in [-0.39, 0.29) is 44.6 Å². The van der Waals surface area contributed by atoms with Crippen LogP contribution in [0.2, 0.25) is 0 Å². The molecule has 1 heterocycles. The van der Waals surface area contributed by atoms with Crippen molar-refractivity contribution in [3.05, 3.63) is 35.9 Å². The molecule has 0 aliphatic carbocycles. The average Bonchev–Trinajstić information content (AvgIpc) is 1.69. The zero-order chi connectivity index (χ0) is 106. The third-order valence-corrected chi connectivity index (χ3v) is 22.1. The summed E-state index contributed by atoms with van der Waals surface area (Å²) in [5.41, 5.74) is -0.838. The number of hydrogen-bond acceptors (Lipinski definition) is 24. The van der Waals surface area contributed by atoms with Gasteiger partial charge in [-0.05, 0) is 215 Å². The first-order valence-corrected chi connectivity index (χ1v) is 45.1. The molecule has 1 fully saturated rings. The molecule has 1 aromatic rings. The van der Waals surface area contributed by atoms with Crippen molar-refractivity contribution in [3.8, 4) is 0 Å². The Morgan fingerprint density at radius 2 is 0.708 bits per heavy atom. The minimum atomic E-state index is -1.92. The molecule has 0 spiro atoms. The number of primary amides is 3. The minimum Gasteiger partial charge on any atom is -0.394 e. The highest BCUT2D eigenvalue weighted by Crippen LogP contribution is 2.25. The van der Waals surface area contributed by atoms with Crippen LogP contribution in [0.15, 0.2) is 30.3 Å². The summed E-state index contributed by atoms with van der Waals surface area (Å²) >= 11 is 0. The van der Waals surface area contributed by atoms with Crippen molar-refractivity contribution in [2.45, 2.75) is 361 Å². The van der Waals surface area contributed by atoms with E-state index >= 15 is 0 Å². The molecular formula is C90H149N23O24. The fourth-order valence-corrected chi connectivity index (χ4v) is 13.4. The van der Waals surface area contributed by atoms with E-state index < -0.39 is 290 Å². The second-order valence-corrected chi connectivity index (χ2v) is 40.6. The molecule has 26 N–H and O–H groups in total. The van der Waals surface area contributed by atoms with Gasteiger partial charge in [-0.2, -0.15) is 0 Å². The first kappa shape index (κ1) is 120. The summed E-state index contributed by atoms with van der Waals surface area (Å²) in [6.07, 6.45) is -1.87. The highest BCUT2D eigenvalue weighted by molar-refractivity contribution is 6.05. The Balaban J connectivity index is 2.16. The first-order valence-electron chi connectivity index (χ1n) is 45.1. The summed E-state index contributed by atoms with van der Waals surface area (Å²) in [4.78, 5) is 312. The van der Waals surface area contributed by atoms with E-state index in [0.29, 0.717) is 6.42 Å².